The summed E-state index contributed by atoms with van der Waals surface area (Å²) in [6.45, 7) is 1.94. The predicted molar refractivity (Wildman–Crippen MR) is 53.7 cm³/mol. The van der Waals surface area contributed by atoms with Crippen LogP contribution in [0, 0.1) is 0 Å². The lowest BCUT2D eigenvalue weighted by Crippen LogP contribution is -1.60. The molecule has 1 unspecified atom stereocenters. The van der Waals surface area contributed by atoms with Crippen molar-refractivity contribution in [2.75, 3.05) is 5.75 Å². The third-order valence-corrected chi connectivity index (χ3v) is 4.66. The Morgan fingerprint density at radius 1 is 1.67 bits per heavy atom. The van der Waals surface area contributed by atoms with Crippen LogP contribution in [0.3, 0.4) is 0 Å². The first kappa shape index (κ1) is 16.7. The Morgan fingerprint density at radius 2 is 2.00 bits per heavy atom. The van der Waals surface area contributed by atoms with Crippen LogP contribution in [0.25, 0.3) is 0 Å². The van der Waals surface area contributed by atoms with Crippen LogP contribution in [0.4, 0.5) is 0 Å². The van der Waals surface area contributed by atoms with Crippen molar-refractivity contribution in [1.29, 1.82) is 0 Å². The summed E-state index contributed by atoms with van der Waals surface area (Å²) >= 11 is 9.69. The molecule has 0 aromatic heterocycles. The highest BCUT2D eigenvalue weighted by Crippen LogP contribution is 2.58. The summed E-state index contributed by atoms with van der Waals surface area (Å²) in [6, 6.07) is 0. The molecule has 1 atom stereocenters. The van der Waals surface area contributed by atoms with E-state index in [1.54, 1.807) is 0 Å². The minimum atomic E-state index is -2.22. The van der Waals surface area contributed by atoms with E-state index in [1.807, 2.05) is 6.92 Å². The quantitative estimate of drug-likeness (QED) is 0.412. The lowest BCUT2D eigenvalue weighted by atomic mass is 11.0. The van der Waals surface area contributed by atoms with Gasteiger partial charge in [-0.1, -0.05) is 18.3 Å². The van der Waals surface area contributed by atoms with E-state index in [2.05, 4.69) is 24.1 Å². The van der Waals surface area contributed by atoms with Crippen molar-refractivity contribution >= 4 is 40.1 Å². The molecule has 0 fully saturated rings. The lowest BCUT2D eigenvalue weighted by Gasteiger charge is -2.01. The fourth-order valence-corrected chi connectivity index (χ4v) is 3.50. The normalized spacial score (nSPS) is 14.6. The van der Waals surface area contributed by atoms with Crippen LogP contribution >= 0.6 is 28.3 Å². The largest absolute Gasteiger partial charge is 0.350 e. The van der Waals surface area contributed by atoms with Gasteiger partial charge < -0.3 is 17.2 Å². The number of hydrogen-bond donors (Lipinski definition) is 4. The van der Waals surface area contributed by atoms with E-state index in [9.17, 15) is 0 Å². The van der Waals surface area contributed by atoms with E-state index in [0.29, 0.717) is 0 Å². The molecule has 0 aromatic rings. The van der Waals surface area contributed by atoms with Gasteiger partial charge in [0, 0.05) is 0 Å². The number of thiol groups is 1. The molecule has 0 spiro atoms. The molecule has 0 amide bonds. The van der Waals surface area contributed by atoms with Crippen LogP contribution < -0.4 is 12.3 Å². The van der Waals surface area contributed by atoms with E-state index in [1.165, 1.54) is 11.4 Å². The fourth-order valence-electron chi connectivity index (χ4n) is 0.168. The van der Waals surface area contributed by atoms with Gasteiger partial charge in [0.15, 0.2) is 4.67 Å². The first-order valence-corrected chi connectivity index (χ1v) is 7.26. The molecule has 9 heavy (non-hydrogen) atoms. The topological polar surface area (TPSA) is 90.2 Å². The van der Waals surface area contributed by atoms with Gasteiger partial charge in [-0.2, -0.15) is 0 Å². The zero-order chi connectivity index (χ0) is 5.91. The van der Waals surface area contributed by atoms with E-state index in [4.69, 9.17) is 4.89 Å². The van der Waals surface area contributed by atoms with Crippen molar-refractivity contribution in [2.24, 2.45) is 0 Å². The lowest BCUT2D eigenvalue weighted by molar-refractivity contribution is 0.654. The molecule has 7 N–H and O–H groups in total. The molecule has 0 saturated heterocycles. The summed E-state index contributed by atoms with van der Waals surface area (Å²) < 4.78 is -2.22. The summed E-state index contributed by atoms with van der Waals surface area (Å²) in [5.74, 6) is 0.845. The van der Waals surface area contributed by atoms with Crippen LogP contribution in [0.2, 0.25) is 0 Å². The van der Waals surface area contributed by atoms with Crippen molar-refractivity contribution in [2.45, 2.75) is 6.92 Å². The molecule has 0 heterocycles. The molecule has 0 aromatic carbocycles. The fraction of sp³-hybridized carbons (Fsp3) is 1.00. The minimum absolute atomic E-state index is 0. The van der Waals surface area contributed by atoms with Crippen molar-refractivity contribution < 1.29 is 4.89 Å². The summed E-state index contributed by atoms with van der Waals surface area (Å²) in [5, 5.41) is 0. The van der Waals surface area contributed by atoms with E-state index in [-0.39, 0.29) is 12.3 Å². The molecule has 60 valence electrons. The number of hydrogen-bond acceptors (Lipinski definition) is 4. The molecule has 0 aliphatic carbocycles. The zero-order valence-electron chi connectivity index (χ0n) is 5.28. The molecule has 0 aliphatic rings. The molecular weight excluding hydrogens is 195 g/mol. The van der Waals surface area contributed by atoms with Gasteiger partial charge >= 0.3 is 0 Å². The van der Waals surface area contributed by atoms with Gasteiger partial charge in [0.25, 0.3) is 0 Å². The van der Waals surface area contributed by atoms with E-state index >= 15 is 0 Å². The van der Waals surface area contributed by atoms with Crippen molar-refractivity contribution in [3.05, 3.63) is 0 Å². The SMILES string of the molecule is CCSP(O)(=S)S.N.N. The van der Waals surface area contributed by atoms with Gasteiger partial charge in [-0.25, -0.2) is 0 Å². The Labute approximate surface area is 70.2 Å². The van der Waals surface area contributed by atoms with E-state index < -0.39 is 4.67 Å². The van der Waals surface area contributed by atoms with Gasteiger partial charge in [-0.05, 0) is 17.6 Å². The smallest absolute Gasteiger partial charge is 0.169 e. The molecule has 7 heteroatoms. The standard InChI is InChI=1S/C2H7OPS3.2H3N/c1-2-7-4(3,5)6;;/h2H2,1H3,(H2,3,5,6);2*1H3. The monoisotopic (exact) mass is 208 g/mol. The maximum absolute atomic E-state index is 8.77. The second-order valence-corrected chi connectivity index (χ2v) is 10.7. The molecule has 0 aliphatic heterocycles. The van der Waals surface area contributed by atoms with Crippen LogP contribution in [0.15, 0.2) is 0 Å². The Hall–Kier alpha value is 1.23. The zero-order valence-corrected chi connectivity index (χ0v) is 8.70. The third kappa shape index (κ3) is 17.6. The Bertz CT molecular complexity index is 93.8. The summed E-state index contributed by atoms with van der Waals surface area (Å²) in [5.41, 5.74) is 0. The number of rotatable bonds is 2. The predicted octanol–water partition coefficient (Wildman–Crippen LogP) is 2.21. The van der Waals surface area contributed by atoms with Gasteiger partial charge in [0.05, 0.1) is 0 Å². The Kier molecular flexibility index (Phi) is 13.6. The summed E-state index contributed by atoms with van der Waals surface area (Å²) in [4.78, 5) is 8.77. The summed E-state index contributed by atoms with van der Waals surface area (Å²) in [7, 11) is 0. The maximum atomic E-state index is 8.77. The van der Waals surface area contributed by atoms with Gasteiger partial charge in [0.2, 0.25) is 0 Å². The third-order valence-electron chi connectivity index (χ3n) is 0.297. The first-order valence-electron chi connectivity index (χ1n) is 1.76. The highest BCUT2D eigenvalue weighted by atomic mass is 33.2. The molecule has 0 rings (SSSR count). The molecule has 0 radical (unpaired) electrons. The van der Waals surface area contributed by atoms with Crippen LogP contribution in [-0.4, -0.2) is 10.6 Å². The second-order valence-electron chi connectivity index (χ2n) is 0.908. The second kappa shape index (κ2) is 7.34. The first-order chi connectivity index (χ1) is 3.06. The van der Waals surface area contributed by atoms with Crippen LogP contribution in [0.1, 0.15) is 6.92 Å². The van der Waals surface area contributed by atoms with Gasteiger partial charge in [-0.15, -0.1) is 12.2 Å². The molecule has 3 nitrogen and oxygen atoms in total. The van der Waals surface area contributed by atoms with Gasteiger partial charge in [0.1, 0.15) is 0 Å². The molecular formula is C2H13N2OPS3. The Balaban J connectivity index is -0.000000180. The summed E-state index contributed by atoms with van der Waals surface area (Å²) in [6.07, 6.45) is 0. The Morgan fingerprint density at radius 3 is 2.00 bits per heavy atom. The minimum Gasteiger partial charge on any atom is -0.350 e. The van der Waals surface area contributed by atoms with Crippen molar-refractivity contribution in [1.82, 2.24) is 12.3 Å². The van der Waals surface area contributed by atoms with Crippen LogP contribution in [0.5, 0.6) is 0 Å². The average Bonchev–Trinajstić information content (AvgIpc) is 1.30. The maximum Gasteiger partial charge on any atom is 0.169 e. The average molecular weight is 208 g/mol. The van der Waals surface area contributed by atoms with Crippen LogP contribution in [-0.2, 0) is 11.8 Å². The molecule has 0 saturated carbocycles. The highest BCUT2D eigenvalue weighted by Gasteiger charge is 2.01. The van der Waals surface area contributed by atoms with Crippen molar-refractivity contribution in [3.63, 3.8) is 0 Å². The van der Waals surface area contributed by atoms with Gasteiger partial charge in [-0.3, -0.25) is 0 Å². The van der Waals surface area contributed by atoms with Crippen molar-refractivity contribution in [3.8, 4) is 0 Å². The highest BCUT2D eigenvalue weighted by molar-refractivity contribution is 8.94. The molecule has 0 bridgehead atoms. The van der Waals surface area contributed by atoms with E-state index in [0.717, 1.165) is 5.75 Å².